The van der Waals surface area contributed by atoms with Gasteiger partial charge in [0, 0.05) is 38.5 Å². The molecular formula is C31H52BN3O13P3S3+. The monoisotopic (exact) mass is 875 g/mol. The molecule has 0 saturated carbocycles. The predicted octanol–water partition coefficient (Wildman–Crippen LogP) is 5.47. The van der Waals surface area contributed by atoms with E-state index in [-0.39, 0.29) is 55.5 Å². The lowest BCUT2D eigenvalue weighted by Crippen LogP contribution is -2.39. The van der Waals surface area contributed by atoms with Crippen molar-refractivity contribution in [3.63, 3.8) is 0 Å². The van der Waals surface area contributed by atoms with Gasteiger partial charge in [0.15, 0.2) is 5.25 Å². The molecule has 2 radical (unpaired) electrons. The third kappa shape index (κ3) is 23.4. The first-order chi connectivity index (χ1) is 25.1. The minimum Gasteiger partial charge on any atom is -0.334 e. The molecule has 3 fully saturated rings. The lowest BCUT2D eigenvalue weighted by Gasteiger charge is -2.16. The van der Waals surface area contributed by atoms with Crippen molar-refractivity contribution in [2.24, 2.45) is 5.92 Å². The van der Waals surface area contributed by atoms with Gasteiger partial charge < -0.3 is 14.5 Å². The van der Waals surface area contributed by atoms with Crippen LogP contribution in [0.5, 0.6) is 0 Å². The molecule has 3 aliphatic rings. The Bertz CT molecular complexity index is 1460. The van der Waals surface area contributed by atoms with E-state index in [0.29, 0.717) is 62.3 Å². The van der Waals surface area contributed by atoms with Crippen LogP contribution >= 0.6 is 23.2 Å². The third-order valence-corrected chi connectivity index (χ3v) is 7.84. The van der Waals surface area contributed by atoms with E-state index in [0.717, 1.165) is 36.4 Å². The van der Waals surface area contributed by atoms with Gasteiger partial charge in [0.05, 0.1) is 18.6 Å². The molecule has 0 aromatic heterocycles. The van der Waals surface area contributed by atoms with Gasteiger partial charge in [-0.05, 0) is 45.1 Å². The Balaban J connectivity index is -0.000000676. The number of rotatable bonds is 13. The number of nitrogens with zero attached hydrogens (tertiary/aromatic N) is 3. The van der Waals surface area contributed by atoms with Gasteiger partial charge in [-0.15, -0.1) is 15.2 Å². The van der Waals surface area contributed by atoms with Crippen molar-refractivity contribution in [1.29, 1.82) is 1.28 Å². The molecule has 23 heteroatoms. The molecule has 3 aliphatic heterocycles. The average Bonchev–Trinajstić information content (AvgIpc) is 3.68. The van der Waals surface area contributed by atoms with Crippen LogP contribution in [-0.4, -0.2) is 83.8 Å². The SMILES string of the molecule is C.C=C1CCC(=O)N1OC(=O)CCC(C)C.C=C1CCC(=O)N1OC(=O)CCCC.CCCC(C(=O)ON1C(=O)CCC1=O)S(=O)(=O)O.PP=S.[2H][P+]([B])=S. The van der Waals surface area contributed by atoms with Crippen LogP contribution in [0.25, 0.3) is 0 Å². The number of hydrogen-bond acceptors (Lipinski definition) is 14. The molecule has 0 aromatic rings. The van der Waals surface area contributed by atoms with E-state index >= 15 is 0 Å². The quantitative estimate of drug-likeness (QED) is 0.105. The molecule has 3 unspecified atom stereocenters. The van der Waals surface area contributed by atoms with E-state index in [1.165, 1.54) is 0 Å². The highest BCUT2D eigenvalue weighted by atomic mass is 32.6. The minimum atomic E-state index is -4.63. The first-order valence-corrected chi connectivity index (χ1v) is 23.3. The zero-order valence-corrected chi connectivity index (χ0v) is 35.6. The summed E-state index contributed by atoms with van der Waals surface area (Å²) in [5, 5.41) is 0.514. The molecule has 16 nitrogen and oxygen atoms in total. The summed E-state index contributed by atoms with van der Waals surface area (Å²) in [6.07, 6.45) is 5.10. The number of amides is 4. The molecule has 1 N–H and O–H groups in total. The van der Waals surface area contributed by atoms with Gasteiger partial charge >= 0.3 is 26.8 Å². The Morgan fingerprint density at radius 3 is 1.56 bits per heavy atom. The van der Waals surface area contributed by atoms with E-state index in [1.807, 2.05) is 20.8 Å². The first kappa shape index (κ1) is 53.5. The molecule has 0 spiro atoms. The Labute approximate surface area is 336 Å². The molecular weight excluding hydrogens is 822 g/mol. The minimum absolute atomic E-state index is 0. The topological polar surface area (TPSA) is 211 Å². The summed E-state index contributed by atoms with van der Waals surface area (Å²) >= 11 is 8.46. The maximum Gasteiger partial charge on any atom is 0.456 e. The summed E-state index contributed by atoms with van der Waals surface area (Å²) in [4.78, 5) is 93.1. The number of carbonyl (C=O) groups excluding carboxylic acids is 7. The molecule has 3 saturated heterocycles. The van der Waals surface area contributed by atoms with E-state index in [4.69, 9.17) is 15.5 Å². The molecule has 0 aliphatic carbocycles. The van der Waals surface area contributed by atoms with Gasteiger partial charge in [0.25, 0.3) is 33.7 Å². The van der Waals surface area contributed by atoms with Crippen molar-refractivity contribution < 1.29 is 61.0 Å². The maximum absolute atomic E-state index is 11.5. The van der Waals surface area contributed by atoms with Gasteiger partial charge in [0.1, 0.15) is 11.8 Å². The van der Waals surface area contributed by atoms with Gasteiger partial charge in [-0.2, -0.15) is 8.42 Å². The summed E-state index contributed by atoms with van der Waals surface area (Å²) in [6, 6.07) is 0. The highest BCUT2D eigenvalue weighted by Crippen LogP contribution is 2.22. The fourth-order valence-electron chi connectivity index (χ4n) is 3.97. The standard InChI is InChI=1S/C11H17NO3.C10H15NO3.C9H13NO7S.CH4.BHPS.H2P2S/c1-8(2)4-7-11(14)15-12-9(3)5-6-10(12)13;1-3-4-5-10(13)14-11-8(2)6-7-9(11)12;1-2-3-6(18(14,15)16)9(13)17-10-7(11)4-5-8(10)12;;2*1-2-3/h8H,3-7H2,1-2H3;2-7H2,1H3;6H,2-5H2,1H3,(H,14,15,16);1H4;2H;1H2/q;;;;+1;/i;;;;2D;. The van der Waals surface area contributed by atoms with Crippen molar-refractivity contribution in [3.05, 3.63) is 24.6 Å². The van der Waals surface area contributed by atoms with Crippen LogP contribution in [0.1, 0.15) is 119 Å². The van der Waals surface area contributed by atoms with Crippen LogP contribution in [0, 0.1) is 5.92 Å². The van der Waals surface area contributed by atoms with Crippen LogP contribution in [0.4, 0.5) is 0 Å². The van der Waals surface area contributed by atoms with Gasteiger partial charge in [-0.3, -0.25) is 23.7 Å². The lowest BCUT2D eigenvalue weighted by molar-refractivity contribution is -0.197. The average molecular weight is 876 g/mol. The van der Waals surface area contributed by atoms with Crippen LogP contribution in [0.2, 0.25) is 0 Å². The largest absolute Gasteiger partial charge is 0.456 e. The van der Waals surface area contributed by atoms with Crippen LogP contribution in [0.3, 0.4) is 0 Å². The van der Waals surface area contributed by atoms with Crippen molar-refractivity contribution >= 4 is 106 Å². The Hall–Kier alpha value is -2.59. The van der Waals surface area contributed by atoms with Crippen LogP contribution in [0.15, 0.2) is 24.6 Å². The Morgan fingerprint density at radius 2 is 1.24 bits per heavy atom. The predicted molar refractivity (Wildman–Crippen MR) is 216 cm³/mol. The Morgan fingerprint density at radius 1 is 0.870 bits per heavy atom. The fraction of sp³-hybridized carbons (Fsp3) is 0.645. The van der Waals surface area contributed by atoms with Crippen molar-refractivity contribution in [1.82, 2.24) is 15.2 Å². The molecule has 3 heterocycles. The number of imide groups is 1. The third-order valence-electron chi connectivity index (χ3n) is 6.69. The van der Waals surface area contributed by atoms with E-state index < -0.39 is 40.3 Å². The summed E-state index contributed by atoms with van der Waals surface area (Å²) in [5.74, 6) is -3.38. The van der Waals surface area contributed by atoms with Gasteiger partial charge in [0.2, 0.25) is 0 Å². The number of allylic oxidation sites excluding steroid dienone is 2. The molecule has 54 heavy (non-hydrogen) atoms. The zero-order chi connectivity index (χ0) is 42.2. The van der Waals surface area contributed by atoms with Gasteiger partial charge in [-0.1, -0.05) is 81.9 Å². The highest BCUT2D eigenvalue weighted by Gasteiger charge is 2.38. The maximum atomic E-state index is 11.5. The summed E-state index contributed by atoms with van der Waals surface area (Å²) in [7, 11) is 2.03. The number of unbranched alkanes of at least 4 members (excludes halogenated alkanes) is 1. The number of carbonyl (C=O) groups is 7. The molecule has 4 amide bonds. The molecule has 0 aromatic carbocycles. The number of hydroxylamine groups is 6. The summed E-state index contributed by atoms with van der Waals surface area (Å²) < 4.78 is 37.0. The normalized spacial score (nSPS) is 15.9. The zero-order valence-electron chi connectivity index (χ0n) is 31.2. The van der Waals surface area contributed by atoms with Crippen molar-refractivity contribution in [3.8, 4) is 0 Å². The van der Waals surface area contributed by atoms with E-state index in [1.54, 1.807) is 6.92 Å². The van der Waals surface area contributed by atoms with Crippen molar-refractivity contribution in [2.75, 3.05) is 0 Å². The molecule has 3 atom stereocenters. The van der Waals surface area contributed by atoms with Crippen molar-refractivity contribution in [2.45, 2.75) is 124 Å². The summed E-state index contributed by atoms with van der Waals surface area (Å²) in [5.41, 5.74) is 1.14. The number of hydrogen-bond donors (Lipinski definition) is 1. The van der Waals surface area contributed by atoms with E-state index in [9.17, 15) is 42.0 Å². The lowest BCUT2D eigenvalue weighted by atomic mass is 10.1. The van der Waals surface area contributed by atoms with Crippen LogP contribution < -0.4 is 0 Å². The van der Waals surface area contributed by atoms with Crippen LogP contribution in [-0.2, 0) is 81.8 Å². The first-order valence-electron chi connectivity index (χ1n) is 16.7. The Kier molecular flexibility index (Phi) is 30.3. The summed E-state index contributed by atoms with van der Waals surface area (Å²) in [6.45, 7) is 15.0. The molecule has 0 bridgehead atoms. The molecule has 304 valence electrons. The second-order valence-electron chi connectivity index (χ2n) is 11.5. The van der Waals surface area contributed by atoms with Gasteiger partial charge in [-0.25, -0.2) is 14.4 Å². The smallest absolute Gasteiger partial charge is 0.334 e. The fourth-order valence-corrected chi connectivity index (χ4v) is 4.79. The molecule has 3 rings (SSSR count). The van der Waals surface area contributed by atoms with E-state index in [2.05, 4.69) is 58.1 Å². The second-order valence-corrected chi connectivity index (χ2v) is 16.6. The second kappa shape index (κ2) is 30.6. The highest BCUT2D eigenvalue weighted by molar-refractivity contribution is 8.24.